The molecule has 4 nitrogen and oxygen atoms in total. The Morgan fingerprint density at radius 3 is 2.83 bits per heavy atom. The summed E-state index contributed by atoms with van der Waals surface area (Å²) in [5.41, 5.74) is 1.67. The molecule has 0 fully saturated rings. The summed E-state index contributed by atoms with van der Waals surface area (Å²) in [4.78, 5) is 20.9. The number of aromatic nitrogens is 2. The number of aryl methyl sites for hydroxylation is 1. The van der Waals surface area contributed by atoms with Crippen LogP contribution >= 0.6 is 27.3 Å². The van der Waals surface area contributed by atoms with Gasteiger partial charge in [0, 0.05) is 15.5 Å². The summed E-state index contributed by atoms with van der Waals surface area (Å²) in [6.45, 7) is 1.88. The summed E-state index contributed by atoms with van der Waals surface area (Å²) in [6.07, 6.45) is 0.0950. The number of halogens is 1. The maximum Gasteiger partial charge on any atom is 0.313 e. The van der Waals surface area contributed by atoms with Crippen molar-refractivity contribution in [3.63, 3.8) is 0 Å². The molecule has 2 rings (SSSR count). The number of hydrogen-bond donors (Lipinski definition) is 0. The molecule has 0 aliphatic carbocycles. The standard InChI is InChI=1S/C12H11BrN2O2S/c1-7-3-9(10-4-8(13)6-18-10)15-11(14-7)5-12(16)17-2/h3-4,6H,5H2,1-2H3. The Labute approximate surface area is 117 Å². The van der Waals surface area contributed by atoms with E-state index >= 15 is 0 Å². The van der Waals surface area contributed by atoms with Crippen molar-refractivity contribution in [1.29, 1.82) is 0 Å². The Hall–Kier alpha value is -1.27. The van der Waals surface area contributed by atoms with Crippen molar-refractivity contribution in [2.75, 3.05) is 7.11 Å². The van der Waals surface area contributed by atoms with Crippen molar-refractivity contribution in [3.8, 4) is 10.6 Å². The Balaban J connectivity index is 2.34. The number of carbonyl (C=O) groups is 1. The second kappa shape index (κ2) is 5.58. The van der Waals surface area contributed by atoms with Gasteiger partial charge in [-0.1, -0.05) is 0 Å². The van der Waals surface area contributed by atoms with Crippen LogP contribution in [-0.4, -0.2) is 23.0 Å². The van der Waals surface area contributed by atoms with E-state index in [2.05, 4.69) is 30.6 Å². The average molecular weight is 327 g/mol. The Bertz CT molecular complexity index is 583. The van der Waals surface area contributed by atoms with Gasteiger partial charge in [0.25, 0.3) is 0 Å². The molecule has 2 aromatic rings. The Morgan fingerprint density at radius 2 is 2.22 bits per heavy atom. The van der Waals surface area contributed by atoms with Gasteiger partial charge in [-0.3, -0.25) is 4.79 Å². The topological polar surface area (TPSA) is 52.1 Å². The molecular formula is C12H11BrN2O2S. The average Bonchev–Trinajstić information content (AvgIpc) is 2.75. The minimum absolute atomic E-state index is 0.0950. The smallest absolute Gasteiger partial charge is 0.313 e. The van der Waals surface area contributed by atoms with Gasteiger partial charge in [0.2, 0.25) is 0 Å². The van der Waals surface area contributed by atoms with E-state index in [-0.39, 0.29) is 12.4 Å². The summed E-state index contributed by atoms with van der Waals surface area (Å²) in [7, 11) is 1.36. The van der Waals surface area contributed by atoms with Crippen LogP contribution < -0.4 is 0 Å². The van der Waals surface area contributed by atoms with Crippen molar-refractivity contribution in [1.82, 2.24) is 9.97 Å². The zero-order valence-corrected chi connectivity index (χ0v) is 12.3. The largest absolute Gasteiger partial charge is 0.469 e. The molecule has 0 bridgehead atoms. The summed E-state index contributed by atoms with van der Waals surface area (Å²) >= 11 is 5.00. The molecule has 0 amide bonds. The fraction of sp³-hybridized carbons (Fsp3) is 0.250. The van der Waals surface area contributed by atoms with Gasteiger partial charge >= 0.3 is 5.97 Å². The molecule has 0 spiro atoms. The van der Waals surface area contributed by atoms with Crippen molar-refractivity contribution in [3.05, 3.63) is 33.5 Å². The van der Waals surface area contributed by atoms with Gasteiger partial charge in [-0.15, -0.1) is 11.3 Å². The number of nitrogens with zero attached hydrogens (tertiary/aromatic N) is 2. The van der Waals surface area contributed by atoms with E-state index in [1.54, 1.807) is 11.3 Å². The van der Waals surface area contributed by atoms with Crippen LogP contribution in [0.25, 0.3) is 10.6 Å². The molecule has 0 saturated carbocycles. The molecule has 2 heterocycles. The third kappa shape index (κ3) is 3.14. The van der Waals surface area contributed by atoms with Gasteiger partial charge in [-0.05, 0) is 35.0 Å². The van der Waals surface area contributed by atoms with Crippen molar-refractivity contribution in [2.45, 2.75) is 13.3 Å². The highest BCUT2D eigenvalue weighted by Gasteiger charge is 2.10. The zero-order chi connectivity index (χ0) is 13.1. The normalized spacial score (nSPS) is 10.4. The molecule has 0 aromatic carbocycles. The van der Waals surface area contributed by atoms with Crippen LogP contribution in [0.15, 0.2) is 22.0 Å². The number of thiophene rings is 1. The van der Waals surface area contributed by atoms with E-state index in [4.69, 9.17) is 0 Å². The Kier molecular flexibility index (Phi) is 4.08. The highest BCUT2D eigenvalue weighted by atomic mass is 79.9. The molecule has 0 atom stereocenters. The first-order valence-electron chi connectivity index (χ1n) is 5.24. The van der Waals surface area contributed by atoms with Gasteiger partial charge in [-0.25, -0.2) is 9.97 Å². The molecule has 94 valence electrons. The molecule has 0 radical (unpaired) electrons. The molecule has 18 heavy (non-hydrogen) atoms. The second-order valence-corrected chi connectivity index (χ2v) is 5.52. The van der Waals surface area contributed by atoms with Crippen LogP contribution in [0.1, 0.15) is 11.5 Å². The highest BCUT2D eigenvalue weighted by Crippen LogP contribution is 2.28. The van der Waals surface area contributed by atoms with Crippen LogP contribution in [0, 0.1) is 6.92 Å². The summed E-state index contributed by atoms with van der Waals surface area (Å²) < 4.78 is 5.64. The van der Waals surface area contributed by atoms with Gasteiger partial charge in [0.15, 0.2) is 0 Å². The van der Waals surface area contributed by atoms with Crippen molar-refractivity contribution >= 4 is 33.2 Å². The summed E-state index contributed by atoms with van der Waals surface area (Å²) in [5, 5.41) is 1.99. The van der Waals surface area contributed by atoms with E-state index in [1.807, 2.05) is 24.4 Å². The lowest BCUT2D eigenvalue weighted by molar-refractivity contribution is -0.139. The number of rotatable bonds is 3. The molecule has 2 aromatic heterocycles. The van der Waals surface area contributed by atoms with E-state index in [1.165, 1.54) is 7.11 Å². The molecule has 0 N–H and O–H groups in total. The lowest BCUT2D eigenvalue weighted by atomic mass is 10.2. The predicted octanol–water partition coefficient (Wildman–Crippen LogP) is 2.99. The van der Waals surface area contributed by atoms with Crippen LogP contribution in [0.5, 0.6) is 0 Å². The van der Waals surface area contributed by atoms with Crippen LogP contribution in [0.2, 0.25) is 0 Å². The van der Waals surface area contributed by atoms with Gasteiger partial charge in [-0.2, -0.15) is 0 Å². The number of hydrogen-bond acceptors (Lipinski definition) is 5. The first-order valence-corrected chi connectivity index (χ1v) is 6.91. The van der Waals surface area contributed by atoms with Crippen molar-refractivity contribution in [2.24, 2.45) is 0 Å². The van der Waals surface area contributed by atoms with Gasteiger partial charge in [0.1, 0.15) is 12.2 Å². The van der Waals surface area contributed by atoms with Crippen LogP contribution in [0.3, 0.4) is 0 Å². The highest BCUT2D eigenvalue weighted by molar-refractivity contribution is 9.10. The van der Waals surface area contributed by atoms with E-state index in [9.17, 15) is 4.79 Å². The minimum atomic E-state index is -0.334. The predicted molar refractivity (Wildman–Crippen MR) is 73.5 cm³/mol. The molecule has 0 aliphatic rings. The van der Waals surface area contributed by atoms with E-state index in [0.29, 0.717) is 5.82 Å². The fourth-order valence-electron chi connectivity index (χ4n) is 1.48. The SMILES string of the molecule is COC(=O)Cc1nc(C)cc(-c2cc(Br)cs2)n1. The molecule has 6 heteroatoms. The molecular weight excluding hydrogens is 316 g/mol. The summed E-state index contributed by atoms with van der Waals surface area (Å²) in [6, 6.07) is 3.90. The number of ether oxygens (including phenoxy) is 1. The molecule has 0 aliphatic heterocycles. The third-order valence-electron chi connectivity index (χ3n) is 2.25. The van der Waals surface area contributed by atoms with E-state index < -0.39 is 0 Å². The number of carbonyl (C=O) groups excluding carboxylic acids is 1. The maximum atomic E-state index is 11.2. The van der Waals surface area contributed by atoms with Crippen LogP contribution in [0.4, 0.5) is 0 Å². The zero-order valence-electron chi connectivity index (χ0n) is 9.94. The first-order chi connectivity index (χ1) is 8.58. The quantitative estimate of drug-likeness (QED) is 0.813. The van der Waals surface area contributed by atoms with Gasteiger partial charge < -0.3 is 4.74 Å². The van der Waals surface area contributed by atoms with Gasteiger partial charge in [0.05, 0.1) is 17.7 Å². The van der Waals surface area contributed by atoms with Crippen LogP contribution in [-0.2, 0) is 16.0 Å². The monoisotopic (exact) mass is 326 g/mol. The lowest BCUT2D eigenvalue weighted by Gasteiger charge is -2.03. The second-order valence-electron chi connectivity index (χ2n) is 3.69. The molecule has 0 saturated heterocycles. The van der Waals surface area contributed by atoms with Crippen molar-refractivity contribution < 1.29 is 9.53 Å². The third-order valence-corrected chi connectivity index (χ3v) is 3.96. The maximum absolute atomic E-state index is 11.2. The number of methoxy groups -OCH3 is 1. The number of esters is 1. The summed E-state index contributed by atoms with van der Waals surface area (Å²) in [5.74, 6) is 0.153. The fourth-order valence-corrected chi connectivity index (χ4v) is 2.87. The van der Waals surface area contributed by atoms with E-state index in [0.717, 1.165) is 20.7 Å². The first kappa shape index (κ1) is 13.2. The minimum Gasteiger partial charge on any atom is -0.469 e. The molecule has 0 unspecified atom stereocenters. The lowest BCUT2D eigenvalue weighted by Crippen LogP contribution is -2.09. The Morgan fingerprint density at radius 1 is 1.44 bits per heavy atom.